The van der Waals surface area contributed by atoms with Gasteiger partial charge in [0.2, 0.25) is 10.0 Å². The maximum atomic E-state index is 12.7. The van der Waals surface area contributed by atoms with Crippen molar-refractivity contribution in [1.82, 2.24) is 10.0 Å². The number of benzene rings is 1. The predicted octanol–water partition coefficient (Wildman–Crippen LogP) is 2.47. The van der Waals surface area contributed by atoms with Crippen LogP contribution >= 0.6 is 45.2 Å². The van der Waals surface area contributed by atoms with E-state index < -0.39 is 10.0 Å². The molecule has 0 radical (unpaired) electrons. The summed E-state index contributed by atoms with van der Waals surface area (Å²) in [5.74, 6) is 0.477. The van der Waals surface area contributed by atoms with Crippen LogP contribution in [0, 0.1) is 7.14 Å². The van der Waals surface area contributed by atoms with Gasteiger partial charge in [0.15, 0.2) is 0 Å². The Morgan fingerprint density at radius 2 is 1.82 bits per heavy atom. The second-order valence-corrected chi connectivity index (χ2v) is 9.54. The van der Waals surface area contributed by atoms with Crippen LogP contribution < -0.4 is 14.8 Å². The Balaban J connectivity index is 1.93. The first-order valence-electron chi connectivity index (χ1n) is 7.35. The van der Waals surface area contributed by atoms with Crippen LogP contribution in [0.5, 0.6) is 5.75 Å². The van der Waals surface area contributed by atoms with E-state index >= 15 is 0 Å². The molecule has 8 heteroatoms. The zero-order valence-corrected chi connectivity index (χ0v) is 17.1. The largest absolute Gasteiger partial charge is 0.489 e. The SMILES string of the molecule is O=S(=O)(NC1CC1)c1c(OC2CCNCC2)ccc(I)c1I. The van der Waals surface area contributed by atoms with Crippen LogP contribution in [0.15, 0.2) is 17.0 Å². The number of ether oxygens (including phenoxy) is 1. The van der Waals surface area contributed by atoms with Crippen LogP contribution in [0.3, 0.4) is 0 Å². The van der Waals surface area contributed by atoms with E-state index in [0.717, 1.165) is 45.9 Å². The molecule has 1 aliphatic heterocycles. The van der Waals surface area contributed by atoms with E-state index in [1.807, 2.05) is 6.07 Å². The molecule has 22 heavy (non-hydrogen) atoms. The first kappa shape index (κ1) is 17.2. The lowest BCUT2D eigenvalue weighted by Crippen LogP contribution is -2.35. The quantitative estimate of drug-likeness (QED) is 0.556. The minimum Gasteiger partial charge on any atom is -0.489 e. The molecule has 1 heterocycles. The molecule has 0 atom stereocenters. The number of hydrogen-bond acceptors (Lipinski definition) is 4. The van der Waals surface area contributed by atoms with Gasteiger partial charge in [0, 0.05) is 9.61 Å². The van der Waals surface area contributed by atoms with Crippen molar-refractivity contribution in [3.63, 3.8) is 0 Å². The molecular weight excluding hydrogens is 530 g/mol. The Hall–Kier alpha value is 0.350. The van der Waals surface area contributed by atoms with E-state index in [2.05, 4.69) is 55.2 Å². The molecule has 122 valence electrons. The average molecular weight is 548 g/mol. The van der Waals surface area contributed by atoms with Gasteiger partial charge in [-0.05, 0) is 96.1 Å². The van der Waals surface area contributed by atoms with Gasteiger partial charge in [-0.1, -0.05) is 0 Å². The summed E-state index contributed by atoms with van der Waals surface area (Å²) in [6.45, 7) is 1.82. The molecule has 0 unspecified atom stereocenters. The molecule has 1 aromatic rings. The van der Waals surface area contributed by atoms with E-state index in [9.17, 15) is 8.42 Å². The fourth-order valence-electron chi connectivity index (χ4n) is 2.43. The van der Waals surface area contributed by atoms with Gasteiger partial charge in [-0.25, -0.2) is 13.1 Å². The number of sulfonamides is 1. The van der Waals surface area contributed by atoms with Crippen molar-refractivity contribution in [1.29, 1.82) is 0 Å². The van der Waals surface area contributed by atoms with Crippen LogP contribution in [0.1, 0.15) is 25.7 Å². The lowest BCUT2D eigenvalue weighted by molar-refractivity contribution is 0.158. The zero-order valence-electron chi connectivity index (χ0n) is 11.9. The highest BCUT2D eigenvalue weighted by atomic mass is 127. The van der Waals surface area contributed by atoms with E-state index in [1.165, 1.54) is 0 Å². The van der Waals surface area contributed by atoms with E-state index in [4.69, 9.17) is 4.74 Å². The molecular formula is C14H18I2N2O3S. The van der Waals surface area contributed by atoms with Gasteiger partial charge < -0.3 is 10.1 Å². The van der Waals surface area contributed by atoms with Crippen LogP contribution in [0.25, 0.3) is 0 Å². The summed E-state index contributed by atoms with van der Waals surface area (Å²) in [4.78, 5) is 0.297. The summed E-state index contributed by atoms with van der Waals surface area (Å²) < 4.78 is 35.9. The molecule has 0 spiro atoms. The van der Waals surface area contributed by atoms with Crippen molar-refractivity contribution in [2.45, 2.75) is 42.7 Å². The van der Waals surface area contributed by atoms with Gasteiger partial charge in [0.1, 0.15) is 16.7 Å². The molecule has 1 saturated heterocycles. The van der Waals surface area contributed by atoms with E-state index in [0.29, 0.717) is 10.6 Å². The van der Waals surface area contributed by atoms with Crippen molar-refractivity contribution in [3.8, 4) is 5.75 Å². The molecule has 2 N–H and O–H groups in total. The van der Waals surface area contributed by atoms with Crippen molar-refractivity contribution < 1.29 is 13.2 Å². The maximum Gasteiger partial charge on any atom is 0.245 e. The van der Waals surface area contributed by atoms with Crippen LogP contribution in [-0.2, 0) is 10.0 Å². The molecule has 2 aliphatic rings. The highest BCUT2D eigenvalue weighted by molar-refractivity contribution is 14.1. The van der Waals surface area contributed by atoms with Gasteiger partial charge in [-0.15, -0.1) is 0 Å². The maximum absolute atomic E-state index is 12.7. The first-order chi connectivity index (χ1) is 10.5. The Morgan fingerprint density at radius 1 is 1.14 bits per heavy atom. The molecule has 1 saturated carbocycles. The predicted molar refractivity (Wildman–Crippen MR) is 102 cm³/mol. The molecule has 0 amide bonds. The molecule has 5 nitrogen and oxygen atoms in total. The summed E-state index contributed by atoms with van der Waals surface area (Å²) >= 11 is 4.26. The number of hydrogen-bond donors (Lipinski definition) is 2. The molecule has 3 rings (SSSR count). The minimum absolute atomic E-state index is 0.0759. The van der Waals surface area contributed by atoms with Gasteiger partial charge in [0.25, 0.3) is 0 Å². The smallest absolute Gasteiger partial charge is 0.245 e. The molecule has 2 fully saturated rings. The highest BCUT2D eigenvalue weighted by Crippen LogP contribution is 2.35. The fraction of sp³-hybridized carbons (Fsp3) is 0.571. The normalized spacial score (nSPS) is 20.1. The Labute approximate surface area is 158 Å². The number of halogens is 2. The van der Waals surface area contributed by atoms with Crippen molar-refractivity contribution in [2.24, 2.45) is 0 Å². The van der Waals surface area contributed by atoms with Crippen molar-refractivity contribution in [3.05, 3.63) is 19.3 Å². The number of rotatable bonds is 5. The number of piperidine rings is 1. The first-order valence-corrected chi connectivity index (χ1v) is 11.0. The summed E-state index contributed by atoms with van der Waals surface area (Å²) in [6.07, 6.45) is 3.72. The van der Waals surface area contributed by atoms with Crippen LogP contribution in [0.2, 0.25) is 0 Å². The topological polar surface area (TPSA) is 67.4 Å². The third kappa shape index (κ3) is 4.05. The van der Waals surface area contributed by atoms with Gasteiger partial charge >= 0.3 is 0 Å². The summed E-state index contributed by atoms with van der Waals surface area (Å²) in [5, 5.41) is 3.29. The van der Waals surface area contributed by atoms with Gasteiger partial charge in [-0.3, -0.25) is 0 Å². The summed E-state index contributed by atoms with van der Waals surface area (Å²) in [6, 6.07) is 3.79. The minimum atomic E-state index is -3.53. The fourth-order valence-corrected chi connectivity index (χ4v) is 5.90. The Kier molecular flexibility index (Phi) is 5.53. The number of nitrogens with one attached hydrogen (secondary N) is 2. The van der Waals surface area contributed by atoms with Gasteiger partial charge in [0.05, 0.1) is 3.57 Å². The van der Waals surface area contributed by atoms with Crippen LogP contribution in [0.4, 0.5) is 0 Å². The molecule has 0 bridgehead atoms. The lowest BCUT2D eigenvalue weighted by atomic mass is 10.1. The third-order valence-electron chi connectivity index (χ3n) is 3.76. The third-order valence-corrected chi connectivity index (χ3v) is 8.77. The van der Waals surface area contributed by atoms with Crippen molar-refractivity contribution >= 4 is 55.2 Å². The van der Waals surface area contributed by atoms with Gasteiger partial charge in [-0.2, -0.15) is 0 Å². The molecule has 1 aromatic carbocycles. The highest BCUT2D eigenvalue weighted by Gasteiger charge is 2.32. The van der Waals surface area contributed by atoms with E-state index in [1.54, 1.807) is 6.07 Å². The van der Waals surface area contributed by atoms with Crippen molar-refractivity contribution in [2.75, 3.05) is 13.1 Å². The van der Waals surface area contributed by atoms with Crippen LogP contribution in [-0.4, -0.2) is 33.7 Å². The average Bonchev–Trinajstić information content (AvgIpc) is 3.27. The second-order valence-electron chi connectivity index (χ2n) is 5.65. The zero-order chi connectivity index (χ0) is 15.7. The second kappa shape index (κ2) is 7.08. The lowest BCUT2D eigenvalue weighted by Gasteiger charge is -2.25. The standard InChI is InChI=1S/C14H18I2N2O3S/c15-11-3-4-12(21-10-5-7-17-8-6-10)14(13(11)16)22(19,20)18-9-1-2-9/h3-4,9-10,17-18H,1-2,5-8H2. The Morgan fingerprint density at radius 3 is 2.45 bits per heavy atom. The van der Waals surface area contributed by atoms with E-state index in [-0.39, 0.29) is 12.1 Å². The molecule has 1 aliphatic carbocycles. The summed E-state index contributed by atoms with van der Waals surface area (Å²) in [5.41, 5.74) is 0. The molecule has 0 aromatic heterocycles. The monoisotopic (exact) mass is 548 g/mol. The Bertz CT molecular complexity index is 656. The summed E-state index contributed by atoms with van der Waals surface area (Å²) in [7, 11) is -3.53.